The molecule has 1 N–H and O–H groups in total. The van der Waals surface area contributed by atoms with Crippen LogP contribution in [-0.2, 0) is 6.42 Å². The van der Waals surface area contributed by atoms with E-state index in [1.807, 2.05) is 14.1 Å². The molecule has 0 bridgehead atoms. The van der Waals surface area contributed by atoms with Crippen LogP contribution in [0.5, 0.6) is 0 Å². The molecule has 0 heterocycles. The summed E-state index contributed by atoms with van der Waals surface area (Å²) in [4.78, 5) is 2.11. The van der Waals surface area contributed by atoms with Crippen molar-refractivity contribution >= 4 is 0 Å². The van der Waals surface area contributed by atoms with Gasteiger partial charge in [-0.3, -0.25) is 0 Å². The fraction of sp³-hybridized carbons (Fsp3) is 0.538. The largest absolute Gasteiger partial charge is 0.316 e. The minimum Gasteiger partial charge on any atom is -0.316 e. The third-order valence-electron chi connectivity index (χ3n) is 2.57. The predicted molar refractivity (Wildman–Crippen MR) is 66.1 cm³/mol. The van der Waals surface area contributed by atoms with Crippen LogP contribution in [0.15, 0.2) is 18.2 Å². The van der Waals surface area contributed by atoms with Gasteiger partial charge >= 0.3 is 0 Å². The Morgan fingerprint density at radius 2 is 1.76 bits per heavy atom. The fourth-order valence-corrected chi connectivity index (χ4v) is 1.63. The van der Waals surface area contributed by atoms with Crippen LogP contribution in [0.1, 0.15) is 12.0 Å². The van der Waals surface area contributed by atoms with Gasteiger partial charge < -0.3 is 10.2 Å². The molecular weight excluding hydrogens is 222 g/mol. The molecule has 0 aliphatic carbocycles. The Kier molecular flexibility index (Phi) is 6.08. The van der Waals surface area contributed by atoms with E-state index < -0.39 is 11.6 Å². The highest BCUT2D eigenvalue weighted by Crippen LogP contribution is 2.11. The van der Waals surface area contributed by atoms with E-state index in [1.54, 1.807) is 0 Å². The van der Waals surface area contributed by atoms with E-state index in [4.69, 9.17) is 0 Å². The van der Waals surface area contributed by atoms with Gasteiger partial charge in [-0.1, -0.05) is 6.07 Å². The number of rotatable bonds is 7. The van der Waals surface area contributed by atoms with Crippen LogP contribution in [-0.4, -0.2) is 38.6 Å². The first-order chi connectivity index (χ1) is 8.11. The third-order valence-corrected chi connectivity index (χ3v) is 2.57. The van der Waals surface area contributed by atoms with Crippen LogP contribution in [0.4, 0.5) is 8.78 Å². The first-order valence-electron chi connectivity index (χ1n) is 5.89. The van der Waals surface area contributed by atoms with E-state index >= 15 is 0 Å². The molecule has 4 heteroatoms. The average molecular weight is 242 g/mol. The SMILES string of the molecule is CN(C)CCCNCCc1c(F)cccc1F. The molecule has 0 aromatic heterocycles. The Hall–Kier alpha value is -1.00. The summed E-state index contributed by atoms with van der Waals surface area (Å²) in [5, 5.41) is 3.18. The van der Waals surface area contributed by atoms with Crippen molar-refractivity contribution in [3.05, 3.63) is 35.4 Å². The first kappa shape index (κ1) is 14.1. The minimum atomic E-state index is -0.458. The van der Waals surface area contributed by atoms with Crippen molar-refractivity contribution in [1.29, 1.82) is 0 Å². The van der Waals surface area contributed by atoms with Gasteiger partial charge in [0, 0.05) is 5.56 Å². The Labute approximate surface area is 102 Å². The molecule has 0 unspecified atom stereocenters. The van der Waals surface area contributed by atoms with Crippen molar-refractivity contribution < 1.29 is 8.78 Å². The van der Waals surface area contributed by atoms with Gasteiger partial charge in [0.05, 0.1) is 0 Å². The van der Waals surface area contributed by atoms with Crippen molar-refractivity contribution in [2.75, 3.05) is 33.7 Å². The molecule has 1 aromatic rings. The van der Waals surface area contributed by atoms with Crippen LogP contribution in [0, 0.1) is 11.6 Å². The Morgan fingerprint density at radius 3 is 2.35 bits per heavy atom. The van der Waals surface area contributed by atoms with Crippen molar-refractivity contribution in [1.82, 2.24) is 10.2 Å². The molecule has 0 aliphatic heterocycles. The average Bonchev–Trinajstić information content (AvgIpc) is 2.26. The molecule has 0 amide bonds. The summed E-state index contributed by atoms with van der Waals surface area (Å²) in [7, 11) is 4.05. The predicted octanol–water partition coefficient (Wildman–Crippen LogP) is 2.05. The number of benzene rings is 1. The molecule has 17 heavy (non-hydrogen) atoms. The topological polar surface area (TPSA) is 15.3 Å². The van der Waals surface area contributed by atoms with Gasteiger partial charge in [0.2, 0.25) is 0 Å². The third kappa shape index (κ3) is 5.24. The van der Waals surface area contributed by atoms with E-state index in [1.165, 1.54) is 18.2 Å². The Bertz CT molecular complexity index is 320. The minimum absolute atomic E-state index is 0.174. The molecule has 96 valence electrons. The smallest absolute Gasteiger partial charge is 0.129 e. The highest BCUT2D eigenvalue weighted by Gasteiger charge is 2.06. The molecule has 0 aliphatic rings. The van der Waals surface area contributed by atoms with Gasteiger partial charge in [0.25, 0.3) is 0 Å². The molecule has 0 spiro atoms. The van der Waals surface area contributed by atoms with E-state index in [-0.39, 0.29) is 5.56 Å². The summed E-state index contributed by atoms with van der Waals surface area (Å²) in [6, 6.07) is 3.98. The maximum atomic E-state index is 13.3. The summed E-state index contributed by atoms with van der Waals surface area (Å²) >= 11 is 0. The highest BCUT2D eigenvalue weighted by molar-refractivity contribution is 5.19. The quantitative estimate of drug-likeness (QED) is 0.736. The van der Waals surface area contributed by atoms with Gasteiger partial charge in [-0.25, -0.2) is 8.78 Å². The van der Waals surface area contributed by atoms with Gasteiger partial charge in [0.15, 0.2) is 0 Å². The molecule has 0 fully saturated rings. The zero-order valence-electron chi connectivity index (χ0n) is 10.5. The van der Waals surface area contributed by atoms with Crippen molar-refractivity contribution in [3.63, 3.8) is 0 Å². The van der Waals surface area contributed by atoms with Crippen LogP contribution in [0.2, 0.25) is 0 Å². The van der Waals surface area contributed by atoms with E-state index in [0.29, 0.717) is 13.0 Å². The fourth-order valence-electron chi connectivity index (χ4n) is 1.63. The zero-order chi connectivity index (χ0) is 12.7. The molecule has 0 atom stereocenters. The van der Waals surface area contributed by atoms with Crippen LogP contribution >= 0.6 is 0 Å². The van der Waals surface area contributed by atoms with E-state index in [2.05, 4.69) is 10.2 Å². The highest BCUT2D eigenvalue weighted by atomic mass is 19.1. The molecule has 1 aromatic carbocycles. The Morgan fingerprint density at radius 1 is 1.12 bits per heavy atom. The summed E-state index contributed by atoms with van der Waals surface area (Å²) in [6.45, 7) is 2.49. The van der Waals surface area contributed by atoms with Gasteiger partial charge in [0.1, 0.15) is 11.6 Å². The monoisotopic (exact) mass is 242 g/mol. The first-order valence-corrected chi connectivity index (χ1v) is 5.89. The summed E-state index contributed by atoms with van der Waals surface area (Å²) in [6.07, 6.45) is 1.42. The van der Waals surface area contributed by atoms with Gasteiger partial charge in [-0.15, -0.1) is 0 Å². The standard InChI is InChI=1S/C13H20F2N2/c1-17(2)10-4-8-16-9-7-11-12(14)5-3-6-13(11)15/h3,5-6,16H,4,7-10H2,1-2H3. The van der Waals surface area contributed by atoms with Gasteiger partial charge in [-0.2, -0.15) is 0 Å². The van der Waals surface area contributed by atoms with Crippen LogP contribution in [0.3, 0.4) is 0 Å². The second-order valence-electron chi connectivity index (χ2n) is 4.36. The number of nitrogens with zero attached hydrogens (tertiary/aromatic N) is 1. The molecule has 0 saturated carbocycles. The van der Waals surface area contributed by atoms with E-state index in [9.17, 15) is 8.78 Å². The number of halogens is 2. The maximum absolute atomic E-state index is 13.3. The van der Waals surface area contributed by atoms with Crippen LogP contribution < -0.4 is 5.32 Å². The lowest BCUT2D eigenvalue weighted by Gasteiger charge is -2.10. The number of nitrogens with one attached hydrogen (secondary N) is 1. The lowest BCUT2D eigenvalue weighted by Crippen LogP contribution is -2.23. The molecule has 1 rings (SSSR count). The molecule has 0 radical (unpaired) electrons. The molecule has 0 saturated heterocycles. The second-order valence-corrected chi connectivity index (χ2v) is 4.36. The Balaban J connectivity index is 2.22. The normalized spacial score (nSPS) is 11.1. The number of hydrogen-bond donors (Lipinski definition) is 1. The summed E-state index contributed by atoms with van der Waals surface area (Å²) < 4.78 is 26.5. The lowest BCUT2D eigenvalue weighted by atomic mass is 10.1. The van der Waals surface area contributed by atoms with E-state index in [0.717, 1.165) is 19.5 Å². The lowest BCUT2D eigenvalue weighted by molar-refractivity contribution is 0.394. The summed E-state index contributed by atoms with van der Waals surface area (Å²) in [5.74, 6) is -0.916. The number of hydrogen-bond acceptors (Lipinski definition) is 2. The van der Waals surface area contributed by atoms with Crippen molar-refractivity contribution in [3.8, 4) is 0 Å². The second kappa shape index (κ2) is 7.35. The van der Waals surface area contributed by atoms with Crippen molar-refractivity contribution in [2.24, 2.45) is 0 Å². The van der Waals surface area contributed by atoms with Gasteiger partial charge in [-0.05, 0) is 58.7 Å². The maximum Gasteiger partial charge on any atom is 0.129 e. The zero-order valence-corrected chi connectivity index (χ0v) is 10.5. The molecular formula is C13H20F2N2. The summed E-state index contributed by atoms with van der Waals surface area (Å²) in [5.41, 5.74) is 0.174. The van der Waals surface area contributed by atoms with Crippen molar-refractivity contribution in [2.45, 2.75) is 12.8 Å². The molecule has 2 nitrogen and oxygen atoms in total. The van der Waals surface area contributed by atoms with Crippen LogP contribution in [0.25, 0.3) is 0 Å².